The second kappa shape index (κ2) is 6.65. The van der Waals surface area contributed by atoms with Gasteiger partial charge in [0, 0.05) is 12.6 Å². The summed E-state index contributed by atoms with van der Waals surface area (Å²) in [5.41, 5.74) is 1.80. The van der Waals surface area contributed by atoms with Crippen LogP contribution in [0.5, 0.6) is 0 Å². The van der Waals surface area contributed by atoms with Crippen molar-refractivity contribution in [1.82, 2.24) is 4.98 Å². The summed E-state index contributed by atoms with van der Waals surface area (Å²) in [6.07, 6.45) is 1.99. The summed E-state index contributed by atoms with van der Waals surface area (Å²) >= 11 is 0. The Labute approximate surface area is 117 Å². The maximum Gasteiger partial charge on any atom is 0.290 e. The smallest absolute Gasteiger partial charge is 0.290 e. The van der Waals surface area contributed by atoms with Crippen molar-refractivity contribution in [3.05, 3.63) is 63.8 Å². The molecule has 2 rings (SSSR count). The lowest BCUT2D eigenvalue weighted by molar-refractivity contribution is -0.385. The molecule has 0 atom stereocenters. The van der Waals surface area contributed by atoms with Crippen LogP contribution in [0.15, 0.2) is 42.5 Å². The molecule has 104 valence electrons. The van der Waals surface area contributed by atoms with E-state index < -0.39 is 4.92 Å². The maximum atomic E-state index is 10.7. The van der Waals surface area contributed by atoms with E-state index in [1.165, 1.54) is 11.6 Å². The number of hydrogen-bond donors (Lipinski definition) is 1. The van der Waals surface area contributed by atoms with Crippen molar-refractivity contribution < 1.29 is 4.92 Å². The molecule has 5 nitrogen and oxygen atoms in total. The van der Waals surface area contributed by atoms with Crippen LogP contribution in [0.25, 0.3) is 0 Å². The Kier molecular flexibility index (Phi) is 4.65. The van der Waals surface area contributed by atoms with Crippen LogP contribution in [0.1, 0.15) is 17.7 Å². The summed E-state index contributed by atoms with van der Waals surface area (Å²) in [4.78, 5) is 14.5. The minimum Gasteiger partial charge on any atom is -0.370 e. The van der Waals surface area contributed by atoms with Crippen LogP contribution in [0.2, 0.25) is 0 Å². The van der Waals surface area contributed by atoms with Gasteiger partial charge in [-0.05, 0) is 31.4 Å². The molecule has 0 spiro atoms. The van der Waals surface area contributed by atoms with E-state index in [4.69, 9.17) is 0 Å². The largest absolute Gasteiger partial charge is 0.370 e. The van der Waals surface area contributed by atoms with Gasteiger partial charge >= 0.3 is 0 Å². The number of nitro groups is 1. The molecule has 1 N–H and O–H groups in total. The number of nitrogens with one attached hydrogen (secondary N) is 1. The lowest BCUT2D eigenvalue weighted by atomic mass is 10.1. The molecule has 0 unspecified atom stereocenters. The fraction of sp³-hybridized carbons (Fsp3) is 0.267. The molecule has 0 fully saturated rings. The van der Waals surface area contributed by atoms with Gasteiger partial charge in [-0.25, -0.2) is 4.98 Å². The molecule has 0 radical (unpaired) electrons. The van der Waals surface area contributed by atoms with E-state index in [2.05, 4.69) is 22.4 Å². The molecule has 2 aromatic rings. The van der Waals surface area contributed by atoms with Crippen LogP contribution in [0.4, 0.5) is 11.5 Å². The molecule has 0 amide bonds. The number of benzene rings is 1. The minimum absolute atomic E-state index is 0.0554. The Balaban J connectivity index is 1.83. The minimum atomic E-state index is -0.415. The molecule has 5 heteroatoms. The van der Waals surface area contributed by atoms with Crippen molar-refractivity contribution in [2.75, 3.05) is 11.9 Å². The van der Waals surface area contributed by atoms with Gasteiger partial charge in [0.2, 0.25) is 0 Å². The summed E-state index contributed by atoms with van der Waals surface area (Å²) < 4.78 is 0. The van der Waals surface area contributed by atoms with Gasteiger partial charge in [0.1, 0.15) is 11.5 Å². The fourth-order valence-corrected chi connectivity index (χ4v) is 2.00. The Morgan fingerprint density at radius 1 is 1.20 bits per heavy atom. The van der Waals surface area contributed by atoms with Gasteiger partial charge in [-0.3, -0.25) is 10.1 Å². The van der Waals surface area contributed by atoms with Crippen molar-refractivity contribution in [1.29, 1.82) is 0 Å². The van der Waals surface area contributed by atoms with Gasteiger partial charge in [-0.15, -0.1) is 0 Å². The Hall–Kier alpha value is -2.43. The van der Waals surface area contributed by atoms with Gasteiger partial charge in [-0.1, -0.05) is 30.3 Å². The zero-order valence-corrected chi connectivity index (χ0v) is 11.4. The Bertz CT molecular complexity index is 585. The molecule has 1 aromatic carbocycles. The molecule has 0 aliphatic rings. The highest BCUT2D eigenvalue weighted by atomic mass is 16.6. The molecule has 1 aromatic heterocycles. The van der Waals surface area contributed by atoms with Gasteiger partial charge in [-0.2, -0.15) is 0 Å². The number of nitrogens with zero attached hydrogens (tertiary/aromatic N) is 2. The van der Waals surface area contributed by atoms with E-state index in [1.54, 1.807) is 13.0 Å². The van der Waals surface area contributed by atoms with E-state index in [9.17, 15) is 10.1 Å². The Morgan fingerprint density at radius 2 is 1.95 bits per heavy atom. The second-order valence-corrected chi connectivity index (χ2v) is 4.57. The molecule has 0 saturated heterocycles. The standard InChI is InChI=1S/C15H17N3O2/c1-12-14(18(19)20)9-10-15(17-12)16-11-5-8-13-6-3-2-4-7-13/h2-4,6-7,9-10H,5,8,11H2,1H3,(H,16,17). The van der Waals surface area contributed by atoms with Crippen molar-refractivity contribution >= 4 is 11.5 Å². The highest BCUT2D eigenvalue weighted by Crippen LogP contribution is 2.17. The number of aryl methyl sites for hydroxylation is 2. The predicted molar refractivity (Wildman–Crippen MR) is 78.9 cm³/mol. The molecular formula is C15H17N3O2. The van der Waals surface area contributed by atoms with Crippen molar-refractivity contribution in [3.63, 3.8) is 0 Å². The number of aromatic nitrogens is 1. The third-order valence-electron chi connectivity index (χ3n) is 3.05. The van der Waals surface area contributed by atoms with E-state index in [0.29, 0.717) is 11.5 Å². The zero-order chi connectivity index (χ0) is 14.4. The number of hydrogen-bond acceptors (Lipinski definition) is 4. The lowest BCUT2D eigenvalue weighted by Gasteiger charge is -2.06. The van der Waals surface area contributed by atoms with Crippen LogP contribution in [0.3, 0.4) is 0 Å². The first-order chi connectivity index (χ1) is 9.66. The highest BCUT2D eigenvalue weighted by molar-refractivity contribution is 5.44. The van der Waals surface area contributed by atoms with Gasteiger partial charge in [0.15, 0.2) is 0 Å². The van der Waals surface area contributed by atoms with Crippen molar-refractivity contribution in [3.8, 4) is 0 Å². The molecule has 1 heterocycles. The molecule has 20 heavy (non-hydrogen) atoms. The van der Waals surface area contributed by atoms with Crippen LogP contribution in [-0.2, 0) is 6.42 Å². The molecule has 0 bridgehead atoms. The molecule has 0 aliphatic carbocycles. The quantitative estimate of drug-likeness (QED) is 0.497. The highest BCUT2D eigenvalue weighted by Gasteiger charge is 2.11. The number of rotatable bonds is 6. The fourth-order valence-electron chi connectivity index (χ4n) is 2.00. The first-order valence-electron chi connectivity index (χ1n) is 6.56. The van der Waals surface area contributed by atoms with E-state index in [1.807, 2.05) is 18.2 Å². The maximum absolute atomic E-state index is 10.7. The summed E-state index contributed by atoms with van der Waals surface area (Å²) in [7, 11) is 0. The summed E-state index contributed by atoms with van der Waals surface area (Å²) in [6.45, 7) is 2.44. The first kappa shape index (κ1) is 14.0. The zero-order valence-electron chi connectivity index (χ0n) is 11.4. The van der Waals surface area contributed by atoms with Crippen LogP contribution < -0.4 is 5.32 Å². The summed E-state index contributed by atoms with van der Waals surface area (Å²) in [5, 5.41) is 13.9. The van der Waals surface area contributed by atoms with Crippen molar-refractivity contribution in [2.45, 2.75) is 19.8 Å². The average molecular weight is 271 g/mol. The second-order valence-electron chi connectivity index (χ2n) is 4.57. The normalized spacial score (nSPS) is 10.2. The summed E-state index contributed by atoms with van der Waals surface area (Å²) in [5.74, 6) is 0.682. The van der Waals surface area contributed by atoms with Crippen LogP contribution in [-0.4, -0.2) is 16.5 Å². The average Bonchev–Trinajstić information content (AvgIpc) is 2.44. The molecular weight excluding hydrogens is 254 g/mol. The topological polar surface area (TPSA) is 68.1 Å². The van der Waals surface area contributed by atoms with Crippen LogP contribution in [0, 0.1) is 17.0 Å². The first-order valence-corrected chi connectivity index (χ1v) is 6.56. The number of anilines is 1. The monoisotopic (exact) mass is 271 g/mol. The third kappa shape index (κ3) is 3.78. The van der Waals surface area contributed by atoms with Gasteiger partial charge in [0.25, 0.3) is 5.69 Å². The van der Waals surface area contributed by atoms with E-state index in [-0.39, 0.29) is 5.69 Å². The van der Waals surface area contributed by atoms with Gasteiger partial charge in [0.05, 0.1) is 4.92 Å². The SMILES string of the molecule is Cc1nc(NCCCc2ccccc2)ccc1[N+](=O)[O-]. The third-order valence-corrected chi connectivity index (χ3v) is 3.05. The van der Waals surface area contributed by atoms with Gasteiger partial charge < -0.3 is 5.32 Å². The Morgan fingerprint density at radius 3 is 2.60 bits per heavy atom. The lowest BCUT2D eigenvalue weighted by Crippen LogP contribution is -2.06. The van der Waals surface area contributed by atoms with E-state index in [0.717, 1.165) is 19.4 Å². The van der Waals surface area contributed by atoms with E-state index >= 15 is 0 Å². The predicted octanol–water partition coefficient (Wildman–Crippen LogP) is 3.34. The summed E-state index contributed by atoms with van der Waals surface area (Å²) in [6, 6.07) is 13.4. The van der Waals surface area contributed by atoms with Crippen molar-refractivity contribution in [2.24, 2.45) is 0 Å². The van der Waals surface area contributed by atoms with Crippen LogP contribution >= 0.6 is 0 Å². The molecule has 0 saturated carbocycles. The molecule has 0 aliphatic heterocycles. The number of pyridine rings is 1.